The standard InChI is InChI=1S/C21H16ClFN4O5.C21H40O4.Na/c1-28-26-18(21-27-30-11-10-29-21)13-6-2-4-8-15(13)31-19-17(23)20(25-12-24-19)32-16-9-5-3-7-14(16)22;1-3-4-5-6-7-8-9-10-11-12-13-14-15-16-17-18-20(22)25-19(2)21(23)24;/h2-9,12H,10-11H2,1H3;19H,3-18H2,1-2H3,(H,23,24);/q;;+1/p-1/b26-18+;;. The predicted molar refractivity (Wildman–Crippen MR) is 213 cm³/mol. The molecule has 0 radical (unpaired) electrons. The van der Waals surface area contributed by atoms with E-state index in [4.69, 9.17) is 40.2 Å². The molecule has 16 heteroatoms. The molecular weight excluding hydrogens is 782 g/mol. The van der Waals surface area contributed by atoms with Crippen LogP contribution in [-0.4, -0.2) is 59.9 Å². The van der Waals surface area contributed by atoms with Gasteiger partial charge >= 0.3 is 35.5 Å². The zero-order chi connectivity index (χ0) is 41.1. The second kappa shape index (κ2) is 30.1. The summed E-state index contributed by atoms with van der Waals surface area (Å²) in [6.07, 6.45) is 19.5. The fourth-order valence-electron chi connectivity index (χ4n) is 5.63. The molecule has 1 aliphatic heterocycles. The molecule has 4 rings (SSSR count). The van der Waals surface area contributed by atoms with E-state index in [-0.39, 0.29) is 71.0 Å². The minimum atomic E-state index is -1.34. The van der Waals surface area contributed by atoms with E-state index in [1.807, 2.05) is 0 Å². The van der Waals surface area contributed by atoms with E-state index in [1.54, 1.807) is 48.5 Å². The molecule has 0 spiro atoms. The molecule has 1 aromatic heterocycles. The molecule has 2 aromatic carbocycles. The molecule has 1 unspecified atom stereocenters. The Morgan fingerprint density at radius 3 is 1.90 bits per heavy atom. The Labute approximate surface area is 368 Å². The van der Waals surface area contributed by atoms with Gasteiger partial charge in [0, 0.05) is 6.42 Å². The summed E-state index contributed by atoms with van der Waals surface area (Å²) in [7, 11) is 1.37. The van der Waals surface area contributed by atoms with Gasteiger partial charge in [0.1, 0.15) is 37.6 Å². The fraction of sp³-hybridized carbons (Fsp3) is 0.524. The van der Waals surface area contributed by atoms with Crippen molar-refractivity contribution >= 4 is 35.1 Å². The Bertz CT molecular complexity index is 1720. The number of ether oxygens (including phenoxy) is 4. The van der Waals surface area contributed by atoms with Gasteiger partial charge in [-0.05, 0) is 42.8 Å². The van der Waals surface area contributed by atoms with Crippen LogP contribution in [-0.2, 0) is 28.7 Å². The van der Waals surface area contributed by atoms with Crippen molar-refractivity contribution in [1.29, 1.82) is 0 Å². The number of nitrogens with zero attached hydrogens (tertiary/aromatic N) is 4. The van der Waals surface area contributed by atoms with Crippen LogP contribution in [0.5, 0.6) is 23.3 Å². The molecule has 2 heterocycles. The van der Waals surface area contributed by atoms with Crippen molar-refractivity contribution in [2.24, 2.45) is 10.3 Å². The average molecular weight is 837 g/mol. The van der Waals surface area contributed by atoms with Crippen molar-refractivity contribution in [2.75, 3.05) is 20.3 Å². The van der Waals surface area contributed by atoms with E-state index in [0.717, 1.165) is 25.6 Å². The number of benzene rings is 2. The minimum absolute atomic E-state index is 0. The molecule has 3 aromatic rings. The van der Waals surface area contributed by atoms with Gasteiger partial charge in [0.25, 0.3) is 17.7 Å². The summed E-state index contributed by atoms with van der Waals surface area (Å²) in [6.45, 7) is 4.17. The number of esters is 1. The van der Waals surface area contributed by atoms with Crippen molar-refractivity contribution in [3.8, 4) is 23.3 Å². The number of halogens is 2. The second-order valence-corrected chi connectivity index (χ2v) is 13.7. The van der Waals surface area contributed by atoms with Gasteiger partial charge in [0.15, 0.2) is 12.3 Å². The monoisotopic (exact) mass is 836 g/mol. The SMILES string of the molecule is CCCCCCCCCCCCCCCCCC(=O)OC(C)C(=O)[O-].CO/N=C(/C1=NOCCO1)c1ccccc1Oc1ncnc(Oc2ccccc2Cl)c1F.[Na+]. The van der Waals surface area contributed by atoms with Crippen LogP contribution in [0.3, 0.4) is 0 Å². The molecule has 0 saturated heterocycles. The first-order valence-electron chi connectivity index (χ1n) is 19.8. The predicted octanol–water partition coefficient (Wildman–Crippen LogP) is 6.50. The van der Waals surface area contributed by atoms with Crippen molar-refractivity contribution in [2.45, 2.75) is 123 Å². The Hall–Kier alpha value is -3.98. The van der Waals surface area contributed by atoms with E-state index < -0.39 is 23.9 Å². The van der Waals surface area contributed by atoms with Gasteiger partial charge in [-0.3, -0.25) is 4.79 Å². The van der Waals surface area contributed by atoms with Crippen molar-refractivity contribution in [3.05, 3.63) is 71.3 Å². The molecule has 0 N–H and O–H groups in total. The number of carbonyl (C=O) groups is 2. The molecule has 0 amide bonds. The quantitative estimate of drug-likeness (QED) is 0.0301. The number of hydrogen-bond donors (Lipinski definition) is 0. The Balaban J connectivity index is 0.000000408. The average Bonchev–Trinajstić information content (AvgIpc) is 3.21. The van der Waals surface area contributed by atoms with E-state index in [2.05, 4.69) is 27.2 Å². The second-order valence-electron chi connectivity index (χ2n) is 13.3. The summed E-state index contributed by atoms with van der Waals surface area (Å²) < 4.78 is 36.5. The largest absolute Gasteiger partial charge is 1.00 e. The van der Waals surface area contributed by atoms with Crippen molar-refractivity contribution in [1.82, 2.24) is 9.97 Å². The normalized spacial score (nSPS) is 12.6. The zero-order valence-electron chi connectivity index (χ0n) is 34.2. The summed E-state index contributed by atoms with van der Waals surface area (Å²) in [5.74, 6) is -2.87. The number of oxime groups is 2. The number of carboxylic acids is 1. The van der Waals surface area contributed by atoms with Crippen LogP contribution < -0.4 is 44.1 Å². The molecule has 1 atom stereocenters. The van der Waals surface area contributed by atoms with Crippen LogP contribution >= 0.6 is 11.6 Å². The van der Waals surface area contributed by atoms with Crippen LogP contribution in [0.1, 0.15) is 122 Å². The molecule has 0 fully saturated rings. The van der Waals surface area contributed by atoms with Gasteiger partial charge in [0.2, 0.25) is 5.82 Å². The number of carboxylic acid groups (broad SMARTS) is 1. The molecule has 0 saturated carbocycles. The fourth-order valence-corrected chi connectivity index (χ4v) is 5.80. The van der Waals surface area contributed by atoms with Gasteiger partial charge in [0.05, 0.1) is 16.6 Å². The molecular formula is C42H55ClFN4NaO9. The molecule has 58 heavy (non-hydrogen) atoms. The Morgan fingerprint density at radius 1 is 0.828 bits per heavy atom. The number of rotatable bonds is 25. The van der Waals surface area contributed by atoms with Crippen molar-refractivity contribution < 1.29 is 77.3 Å². The third-order valence-electron chi connectivity index (χ3n) is 8.69. The number of para-hydroxylation sites is 2. The first-order chi connectivity index (χ1) is 27.7. The Morgan fingerprint density at radius 2 is 1.36 bits per heavy atom. The van der Waals surface area contributed by atoms with Crippen LogP contribution in [0.2, 0.25) is 5.02 Å². The van der Waals surface area contributed by atoms with Crippen LogP contribution in [0.4, 0.5) is 4.39 Å². The molecule has 0 aliphatic carbocycles. The number of hydrogen-bond acceptors (Lipinski definition) is 13. The topological polar surface area (TPSA) is 163 Å². The molecule has 13 nitrogen and oxygen atoms in total. The number of aliphatic carboxylic acids is 1. The number of carbonyl (C=O) groups excluding carboxylic acids is 2. The van der Waals surface area contributed by atoms with E-state index in [9.17, 15) is 14.7 Å². The van der Waals surface area contributed by atoms with E-state index in [0.29, 0.717) is 23.6 Å². The summed E-state index contributed by atoms with van der Waals surface area (Å²) in [5.41, 5.74) is 0.606. The van der Waals surface area contributed by atoms with Gasteiger partial charge in [-0.1, -0.05) is 138 Å². The summed E-state index contributed by atoms with van der Waals surface area (Å²) in [6, 6.07) is 13.3. The van der Waals surface area contributed by atoms with E-state index >= 15 is 4.39 Å². The van der Waals surface area contributed by atoms with Gasteiger partial charge in [-0.15, -0.1) is 0 Å². The van der Waals surface area contributed by atoms with Crippen LogP contribution in [0.25, 0.3) is 0 Å². The molecule has 1 aliphatic rings. The van der Waals surface area contributed by atoms with Gasteiger partial charge < -0.3 is 38.5 Å². The number of unbranched alkanes of at least 4 members (excludes halogenated alkanes) is 14. The third-order valence-corrected chi connectivity index (χ3v) is 9.00. The molecule has 312 valence electrons. The third kappa shape index (κ3) is 19.2. The van der Waals surface area contributed by atoms with Crippen LogP contribution in [0, 0.1) is 5.82 Å². The van der Waals surface area contributed by atoms with Gasteiger partial charge in [-0.2, -0.15) is 14.4 Å². The summed E-state index contributed by atoms with van der Waals surface area (Å²) in [5, 5.41) is 18.6. The first-order valence-corrected chi connectivity index (χ1v) is 20.2. The Kier molecular flexibility index (Phi) is 26.0. The minimum Gasteiger partial charge on any atom is -0.546 e. The summed E-state index contributed by atoms with van der Waals surface area (Å²) in [4.78, 5) is 39.5. The van der Waals surface area contributed by atoms with Crippen molar-refractivity contribution in [3.63, 3.8) is 0 Å². The molecule has 0 bridgehead atoms. The van der Waals surface area contributed by atoms with Gasteiger partial charge in [-0.25, -0.2) is 0 Å². The maximum absolute atomic E-state index is 15.1. The first kappa shape index (κ1) is 50.2. The maximum Gasteiger partial charge on any atom is 1.00 e. The maximum atomic E-state index is 15.1. The smallest absolute Gasteiger partial charge is 0.546 e. The van der Waals surface area contributed by atoms with E-state index in [1.165, 1.54) is 91.1 Å². The zero-order valence-corrected chi connectivity index (χ0v) is 37.0. The number of aromatic nitrogens is 2. The summed E-state index contributed by atoms with van der Waals surface area (Å²) >= 11 is 6.07. The van der Waals surface area contributed by atoms with Crippen LogP contribution in [0.15, 0.2) is 65.2 Å².